The maximum atomic E-state index is 12.4. The molecule has 1 rings (SSSR count). The van der Waals surface area contributed by atoms with Crippen LogP contribution in [0.5, 0.6) is 5.88 Å². The van der Waals surface area contributed by atoms with E-state index in [9.17, 15) is 17.6 Å². The van der Waals surface area contributed by atoms with E-state index >= 15 is 0 Å². The highest BCUT2D eigenvalue weighted by atomic mass is 19.4. The number of halogens is 4. The Kier molecular flexibility index (Phi) is 2.26. The fourth-order valence-electron chi connectivity index (χ4n) is 0.608. The summed E-state index contributed by atoms with van der Waals surface area (Å²) in [7, 11) is 0. The lowest BCUT2D eigenvalue weighted by molar-refractivity contribution is -0.276. The molecule has 0 aromatic carbocycles. The van der Waals surface area contributed by atoms with Crippen LogP contribution < -0.4 is 10.5 Å². The molecule has 7 heteroatoms. The molecule has 0 aliphatic rings. The van der Waals surface area contributed by atoms with Crippen molar-refractivity contribution < 1.29 is 22.3 Å². The van der Waals surface area contributed by atoms with Gasteiger partial charge in [0, 0.05) is 6.07 Å². The molecule has 0 fully saturated rings. The number of nitrogen functional groups attached to an aromatic ring is 1. The van der Waals surface area contributed by atoms with Crippen molar-refractivity contribution in [2.75, 3.05) is 5.73 Å². The normalized spacial score (nSPS) is 11.4. The van der Waals surface area contributed by atoms with E-state index in [4.69, 9.17) is 5.73 Å². The molecular weight excluding hydrogens is 192 g/mol. The van der Waals surface area contributed by atoms with Crippen LogP contribution in [-0.2, 0) is 0 Å². The van der Waals surface area contributed by atoms with Gasteiger partial charge >= 0.3 is 6.36 Å². The molecule has 0 atom stereocenters. The van der Waals surface area contributed by atoms with Gasteiger partial charge in [0.05, 0.1) is 11.9 Å². The smallest absolute Gasteiger partial charge is 0.396 e. The second-order valence-electron chi connectivity index (χ2n) is 2.09. The largest absolute Gasteiger partial charge is 0.574 e. The van der Waals surface area contributed by atoms with Gasteiger partial charge in [-0.25, -0.2) is 9.37 Å². The molecule has 1 aromatic rings. The Hall–Kier alpha value is -1.53. The van der Waals surface area contributed by atoms with Crippen molar-refractivity contribution in [1.29, 1.82) is 0 Å². The first-order valence-corrected chi connectivity index (χ1v) is 3.05. The molecule has 0 radical (unpaired) electrons. The molecule has 1 heterocycles. The molecule has 0 aliphatic heterocycles. The van der Waals surface area contributed by atoms with E-state index in [1.807, 2.05) is 0 Å². The molecule has 0 saturated carbocycles. The van der Waals surface area contributed by atoms with Crippen LogP contribution in [0.3, 0.4) is 0 Å². The maximum absolute atomic E-state index is 12.4. The third-order valence-corrected chi connectivity index (χ3v) is 1.08. The SMILES string of the molecule is Nc1cc(OC(F)(F)F)ncc1F. The number of hydrogen-bond donors (Lipinski definition) is 1. The molecule has 0 bridgehead atoms. The highest BCUT2D eigenvalue weighted by molar-refractivity contribution is 5.41. The fraction of sp³-hybridized carbons (Fsp3) is 0.167. The Morgan fingerprint density at radius 1 is 1.38 bits per heavy atom. The van der Waals surface area contributed by atoms with Crippen LogP contribution in [0.25, 0.3) is 0 Å². The minimum absolute atomic E-state index is 0.450. The first kappa shape index (κ1) is 9.56. The summed E-state index contributed by atoms with van der Waals surface area (Å²) < 4.78 is 50.5. The number of nitrogens with zero attached hydrogens (tertiary/aromatic N) is 1. The van der Waals surface area contributed by atoms with Gasteiger partial charge in [0.15, 0.2) is 5.82 Å². The van der Waals surface area contributed by atoms with Crippen LogP contribution in [-0.4, -0.2) is 11.3 Å². The molecule has 3 nitrogen and oxygen atoms in total. The topological polar surface area (TPSA) is 48.1 Å². The lowest BCUT2D eigenvalue weighted by atomic mass is 10.4. The lowest BCUT2D eigenvalue weighted by Crippen LogP contribution is -2.18. The molecule has 0 unspecified atom stereocenters. The summed E-state index contributed by atoms with van der Waals surface area (Å²) in [5.74, 6) is -1.68. The number of anilines is 1. The Morgan fingerprint density at radius 2 is 2.00 bits per heavy atom. The monoisotopic (exact) mass is 196 g/mol. The average Bonchev–Trinajstić information content (AvgIpc) is 1.94. The Bertz CT molecular complexity index is 312. The highest BCUT2D eigenvalue weighted by Crippen LogP contribution is 2.22. The number of nitrogens with two attached hydrogens (primary N) is 1. The van der Waals surface area contributed by atoms with E-state index in [0.29, 0.717) is 12.3 Å². The van der Waals surface area contributed by atoms with Crippen molar-refractivity contribution in [2.24, 2.45) is 0 Å². The molecular formula is C6H4F4N2O. The minimum atomic E-state index is -4.85. The van der Waals surface area contributed by atoms with Crippen LogP contribution in [0.4, 0.5) is 23.2 Å². The second kappa shape index (κ2) is 3.08. The van der Waals surface area contributed by atoms with E-state index in [1.54, 1.807) is 0 Å². The molecule has 13 heavy (non-hydrogen) atoms. The summed E-state index contributed by atoms with van der Waals surface area (Å²) in [5.41, 5.74) is 4.53. The zero-order chi connectivity index (χ0) is 10.1. The Morgan fingerprint density at radius 3 is 2.46 bits per heavy atom. The van der Waals surface area contributed by atoms with Gasteiger partial charge in [-0.05, 0) is 0 Å². The molecule has 0 spiro atoms. The van der Waals surface area contributed by atoms with Gasteiger partial charge in [0.25, 0.3) is 0 Å². The molecule has 0 aliphatic carbocycles. The van der Waals surface area contributed by atoms with Gasteiger partial charge < -0.3 is 10.5 Å². The first-order valence-electron chi connectivity index (χ1n) is 3.05. The quantitative estimate of drug-likeness (QED) is 0.695. The van der Waals surface area contributed by atoms with Gasteiger partial charge in [-0.2, -0.15) is 0 Å². The van der Waals surface area contributed by atoms with Crippen LogP contribution in [0.1, 0.15) is 0 Å². The lowest BCUT2D eigenvalue weighted by Gasteiger charge is -2.07. The minimum Gasteiger partial charge on any atom is -0.396 e. The Labute approximate surface area is 70.1 Å². The number of aromatic nitrogens is 1. The highest BCUT2D eigenvalue weighted by Gasteiger charge is 2.31. The summed E-state index contributed by atoms with van der Waals surface area (Å²) in [6.07, 6.45) is -4.30. The fourth-order valence-corrected chi connectivity index (χ4v) is 0.608. The predicted molar refractivity (Wildman–Crippen MR) is 35.3 cm³/mol. The van der Waals surface area contributed by atoms with Crippen molar-refractivity contribution in [3.63, 3.8) is 0 Å². The van der Waals surface area contributed by atoms with Crippen molar-refractivity contribution in [2.45, 2.75) is 6.36 Å². The van der Waals surface area contributed by atoms with E-state index in [2.05, 4.69) is 9.72 Å². The summed E-state index contributed by atoms with van der Waals surface area (Å²) in [5, 5.41) is 0. The number of alkyl halides is 3. The second-order valence-corrected chi connectivity index (χ2v) is 2.09. The van der Waals surface area contributed by atoms with Gasteiger partial charge in [-0.1, -0.05) is 0 Å². The number of pyridine rings is 1. The molecule has 72 valence electrons. The summed E-state index contributed by atoms with van der Waals surface area (Å²) >= 11 is 0. The van der Waals surface area contributed by atoms with E-state index in [0.717, 1.165) is 0 Å². The summed E-state index contributed by atoms with van der Waals surface area (Å²) in [6.45, 7) is 0. The molecule has 0 amide bonds. The molecule has 2 N–H and O–H groups in total. The predicted octanol–water partition coefficient (Wildman–Crippen LogP) is 1.70. The average molecular weight is 196 g/mol. The van der Waals surface area contributed by atoms with Gasteiger partial charge in [-0.3, -0.25) is 0 Å². The van der Waals surface area contributed by atoms with Crippen molar-refractivity contribution in [3.8, 4) is 5.88 Å². The van der Waals surface area contributed by atoms with E-state index < -0.39 is 23.7 Å². The number of rotatable bonds is 1. The zero-order valence-electron chi connectivity index (χ0n) is 6.10. The van der Waals surface area contributed by atoms with Gasteiger partial charge in [0.1, 0.15) is 0 Å². The first-order chi connectivity index (χ1) is 5.88. The third-order valence-electron chi connectivity index (χ3n) is 1.08. The summed E-state index contributed by atoms with van der Waals surface area (Å²) in [6, 6.07) is 0.656. The standard InChI is InChI=1S/C6H4F4N2O/c7-3-2-12-5(1-4(3)11)13-6(8,9)10/h1-2H,(H2,11,12). The number of hydrogen-bond acceptors (Lipinski definition) is 3. The zero-order valence-corrected chi connectivity index (χ0v) is 6.10. The van der Waals surface area contributed by atoms with Crippen LogP contribution in [0, 0.1) is 5.82 Å². The van der Waals surface area contributed by atoms with Crippen molar-refractivity contribution in [1.82, 2.24) is 4.98 Å². The van der Waals surface area contributed by atoms with Crippen molar-refractivity contribution in [3.05, 3.63) is 18.1 Å². The molecule has 0 saturated heterocycles. The van der Waals surface area contributed by atoms with Crippen LogP contribution in [0.2, 0.25) is 0 Å². The molecule has 1 aromatic heterocycles. The van der Waals surface area contributed by atoms with E-state index in [1.165, 1.54) is 0 Å². The van der Waals surface area contributed by atoms with Crippen LogP contribution in [0.15, 0.2) is 12.3 Å². The van der Waals surface area contributed by atoms with Gasteiger partial charge in [-0.15, -0.1) is 13.2 Å². The Balaban J connectivity index is 2.86. The van der Waals surface area contributed by atoms with E-state index in [-0.39, 0.29) is 0 Å². The number of ether oxygens (including phenoxy) is 1. The van der Waals surface area contributed by atoms with Crippen LogP contribution >= 0.6 is 0 Å². The third kappa shape index (κ3) is 2.77. The van der Waals surface area contributed by atoms with Crippen molar-refractivity contribution >= 4 is 5.69 Å². The van der Waals surface area contributed by atoms with Gasteiger partial charge in [0.2, 0.25) is 5.88 Å². The summed E-state index contributed by atoms with van der Waals surface area (Å²) in [4.78, 5) is 3.03. The maximum Gasteiger partial charge on any atom is 0.574 e.